The summed E-state index contributed by atoms with van der Waals surface area (Å²) in [5.74, 6) is 0. The third-order valence-electron chi connectivity index (χ3n) is 2.12. The first kappa shape index (κ1) is 9.34. The second-order valence-electron chi connectivity index (χ2n) is 3.26. The Kier molecular flexibility index (Phi) is 2.59. The van der Waals surface area contributed by atoms with Crippen molar-refractivity contribution in [3.05, 3.63) is 34.9 Å². The minimum absolute atomic E-state index is 0.149. The first-order chi connectivity index (χ1) is 6.74. The fourth-order valence-electron chi connectivity index (χ4n) is 1.43. The van der Waals surface area contributed by atoms with Crippen LogP contribution in [0.15, 0.2) is 29.3 Å². The van der Waals surface area contributed by atoms with Crippen molar-refractivity contribution in [1.82, 2.24) is 0 Å². The van der Waals surface area contributed by atoms with Crippen molar-refractivity contribution < 1.29 is 4.74 Å². The fraction of sp³-hybridized carbons (Fsp3) is 0.300. The monoisotopic (exact) mass is 210 g/mol. The number of amidine groups is 1. The van der Waals surface area contributed by atoms with Crippen LogP contribution in [0.4, 0.5) is 0 Å². The van der Waals surface area contributed by atoms with Crippen LogP contribution in [0.25, 0.3) is 0 Å². The van der Waals surface area contributed by atoms with Crippen molar-refractivity contribution in [2.75, 3.05) is 6.61 Å². The van der Waals surface area contributed by atoms with Crippen LogP contribution in [0, 0.1) is 0 Å². The lowest BCUT2D eigenvalue weighted by molar-refractivity contribution is 0.312. The molecule has 74 valence electrons. The number of halogens is 1. The molecule has 0 saturated heterocycles. The molecule has 3 nitrogen and oxygen atoms in total. The van der Waals surface area contributed by atoms with E-state index in [0.717, 1.165) is 11.4 Å². The predicted molar refractivity (Wildman–Crippen MR) is 56.5 cm³/mol. The number of nitrogens with two attached hydrogens (primary N) is 1. The van der Waals surface area contributed by atoms with Crippen LogP contribution in [-0.2, 0) is 11.2 Å². The first-order valence-corrected chi connectivity index (χ1v) is 4.82. The van der Waals surface area contributed by atoms with Crippen molar-refractivity contribution >= 4 is 17.6 Å². The Morgan fingerprint density at radius 1 is 1.43 bits per heavy atom. The van der Waals surface area contributed by atoms with Crippen LogP contribution in [0.1, 0.15) is 5.56 Å². The molecule has 1 aliphatic rings. The third-order valence-corrected chi connectivity index (χ3v) is 2.37. The van der Waals surface area contributed by atoms with Crippen molar-refractivity contribution in [2.45, 2.75) is 12.5 Å². The molecule has 1 aromatic carbocycles. The molecule has 2 rings (SSSR count). The Labute approximate surface area is 87.5 Å². The van der Waals surface area contributed by atoms with Gasteiger partial charge in [0.05, 0.1) is 6.04 Å². The highest BCUT2D eigenvalue weighted by atomic mass is 35.5. The Balaban J connectivity index is 2.01. The lowest BCUT2D eigenvalue weighted by Crippen LogP contribution is -2.11. The minimum atomic E-state index is 0.149. The zero-order valence-electron chi connectivity index (χ0n) is 7.61. The first-order valence-electron chi connectivity index (χ1n) is 4.44. The largest absolute Gasteiger partial charge is 0.463 e. The summed E-state index contributed by atoms with van der Waals surface area (Å²) in [6, 6.07) is 8.18. The number of benzene rings is 1. The summed E-state index contributed by atoms with van der Waals surface area (Å²) < 4.78 is 5.06. The average molecular weight is 211 g/mol. The van der Waals surface area contributed by atoms with Crippen molar-refractivity contribution in [3.63, 3.8) is 0 Å². The second-order valence-corrected chi connectivity index (χ2v) is 3.70. The molecule has 0 saturated carbocycles. The van der Waals surface area contributed by atoms with Crippen LogP contribution < -0.4 is 5.73 Å². The van der Waals surface area contributed by atoms with E-state index in [0.29, 0.717) is 12.6 Å². The van der Waals surface area contributed by atoms with Gasteiger partial charge in [-0.1, -0.05) is 23.7 Å². The summed E-state index contributed by atoms with van der Waals surface area (Å²) in [6.45, 7) is 0.578. The number of nitrogens with zero attached hydrogens (tertiary/aromatic N) is 1. The smallest absolute Gasteiger partial charge is 0.282 e. The van der Waals surface area contributed by atoms with Gasteiger partial charge in [0.2, 0.25) is 0 Å². The molecule has 1 atom stereocenters. The van der Waals surface area contributed by atoms with Gasteiger partial charge in [-0.2, -0.15) is 0 Å². The minimum Gasteiger partial charge on any atom is -0.463 e. The molecule has 1 aromatic rings. The molecule has 0 unspecified atom stereocenters. The van der Waals surface area contributed by atoms with E-state index in [9.17, 15) is 0 Å². The molecule has 0 aliphatic carbocycles. The van der Waals surface area contributed by atoms with Gasteiger partial charge in [-0.05, 0) is 24.1 Å². The lowest BCUT2D eigenvalue weighted by Gasteiger charge is -2.04. The Hall–Kier alpha value is -1.22. The van der Waals surface area contributed by atoms with Crippen LogP contribution >= 0.6 is 11.6 Å². The van der Waals surface area contributed by atoms with E-state index in [1.807, 2.05) is 24.3 Å². The molecule has 0 radical (unpaired) electrons. The maximum Gasteiger partial charge on any atom is 0.282 e. The van der Waals surface area contributed by atoms with Gasteiger partial charge in [0.25, 0.3) is 6.02 Å². The fourth-order valence-corrected chi connectivity index (χ4v) is 1.56. The van der Waals surface area contributed by atoms with Gasteiger partial charge in [0.1, 0.15) is 6.61 Å². The summed E-state index contributed by atoms with van der Waals surface area (Å²) in [5, 5.41) is 0.749. The Morgan fingerprint density at radius 2 is 2.14 bits per heavy atom. The average Bonchev–Trinajstić information content (AvgIpc) is 2.56. The zero-order valence-corrected chi connectivity index (χ0v) is 8.37. The molecule has 1 aliphatic heterocycles. The predicted octanol–water partition coefficient (Wildman–Crippen LogP) is 1.60. The summed E-state index contributed by atoms with van der Waals surface area (Å²) in [5.41, 5.74) is 6.61. The second kappa shape index (κ2) is 3.88. The number of ether oxygens (including phenoxy) is 1. The molecule has 0 bridgehead atoms. The normalized spacial score (nSPS) is 20.4. The van der Waals surface area contributed by atoms with Gasteiger partial charge in [-0.15, -0.1) is 0 Å². The molecular weight excluding hydrogens is 200 g/mol. The van der Waals surface area contributed by atoms with Crippen molar-refractivity contribution in [3.8, 4) is 0 Å². The number of hydrogen-bond acceptors (Lipinski definition) is 3. The van der Waals surface area contributed by atoms with Gasteiger partial charge >= 0.3 is 0 Å². The Morgan fingerprint density at radius 3 is 2.71 bits per heavy atom. The number of rotatable bonds is 2. The molecule has 0 amide bonds. The van der Waals surface area contributed by atoms with Gasteiger partial charge in [0.15, 0.2) is 0 Å². The van der Waals surface area contributed by atoms with Gasteiger partial charge in [-0.25, -0.2) is 4.99 Å². The molecule has 14 heavy (non-hydrogen) atoms. The van der Waals surface area contributed by atoms with E-state index in [-0.39, 0.29) is 6.04 Å². The zero-order chi connectivity index (χ0) is 9.97. The highest BCUT2D eigenvalue weighted by molar-refractivity contribution is 6.30. The lowest BCUT2D eigenvalue weighted by atomic mass is 10.1. The molecule has 4 heteroatoms. The summed E-state index contributed by atoms with van der Waals surface area (Å²) >= 11 is 5.78. The van der Waals surface area contributed by atoms with Gasteiger partial charge < -0.3 is 10.5 Å². The topological polar surface area (TPSA) is 47.6 Å². The van der Waals surface area contributed by atoms with Gasteiger partial charge in [0, 0.05) is 5.02 Å². The van der Waals surface area contributed by atoms with Crippen LogP contribution in [0.3, 0.4) is 0 Å². The van der Waals surface area contributed by atoms with E-state index in [1.165, 1.54) is 5.56 Å². The molecule has 1 heterocycles. The maximum absolute atomic E-state index is 5.78. The Bertz CT molecular complexity index is 348. The standard InChI is InChI=1S/C10H11ClN2O/c11-8-3-1-7(2-4-8)5-9-6-14-10(12)13-9/h1-4,9H,5-6H2,(H2,12,13)/t9-/m0/s1. The van der Waals surface area contributed by atoms with Crippen LogP contribution in [0.5, 0.6) is 0 Å². The van der Waals surface area contributed by atoms with E-state index in [2.05, 4.69) is 4.99 Å². The number of hydrogen-bond donors (Lipinski definition) is 1. The van der Waals surface area contributed by atoms with Crippen LogP contribution in [0.2, 0.25) is 5.02 Å². The van der Waals surface area contributed by atoms with E-state index < -0.39 is 0 Å². The molecule has 0 aromatic heterocycles. The highest BCUT2D eigenvalue weighted by Gasteiger charge is 2.16. The van der Waals surface area contributed by atoms with E-state index >= 15 is 0 Å². The SMILES string of the molecule is NC1=N[C@@H](Cc2ccc(Cl)cc2)CO1. The number of aliphatic imine (C=N–C) groups is 1. The molecule has 0 fully saturated rings. The summed E-state index contributed by atoms with van der Waals surface area (Å²) in [7, 11) is 0. The third kappa shape index (κ3) is 2.17. The quantitative estimate of drug-likeness (QED) is 0.806. The molecule has 0 spiro atoms. The summed E-state index contributed by atoms with van der Waals surface area (Å²) in [6.07, 6.45) is 0.845. The maximum atomic E-state index is 5.78. The highest BCUT2D eigenvalue weighted by Crippen LogP contribution is 2.14. The van der Waals surface area contributed by atoms with Crippen LogP contribution in [-0.4, -0.2) is 18.7 Å². The van der Waals surface area contributed by atoms with Crippen molar-refractivity contribution in [1.29, 1.82) is 0 Å². The molecular formula is C10H11ClN2O. The molecule has 2 N–H and O–H groups in total. The summed E-state index contributed by atoms with van der Waals surface area (Å²) in [4.78, 5) is 4.15. The van der Waals surface area contributed by atoms with Gasteiger partial charge in [-0.3, -0.25) is 0 Å². The van der Waals surface area contributed by atoms with E-state index in [1.54, 1.807) is 0 Å². The van der Waals surface area contributed by atoms with Crippen molar-refractivity contribution in [2.24, 2.45) is 10.7 Å². The van der Waals surface area contributed by atoms with E-state index in [4.69, 9.17) is 22.1 Å².